The summed E-state index contributed by atoms with van der Waals surface area (Å²) in [6, 6.07) is 0. The largest absolute Gasteiger partial charge is 0.342 e. The quantitative estimate of drug-likeness (QED) is 0.519. The van der Waals surface area contributed by atoms with E-state index in [1.807, 2.05) is 0 Å². The van der Waals surface area contributed by atoms with E-state index in [1.54, 1.807) is 6.66 Å². The number of rotatable bonds is 1. The van der Waals surface area contributed by atoms with Crippen molar-refractivity contribution < 1.29 is 4.52 Å². The highest BCUT2D eigenvalue weighted by Crippen LogP contribution is 2.29. The van der Waals surface area contributed by atoms with E-state index in [4.69, 9.17) is 5.50 Å². The zero-order chi connectivity index (χ0) is 5.21. The zero-order valence-corrected chi connectivity index (χ0v) is 5.55. The normalized spacial score (nSPS) is 19.8. The van der Waals surface area contributed by atoms with Crippen molar-refractivity contribution in [1.82, 2.24) is 0 Å². The highest BCUT2D eigenvalue weighted by molar-refractivity contribution is 8.10. The monoisotopic (exact) mass is 125 g/mol. The predicted octanol–water partition coefficient (Wildman–Crippen LogP) is 0.531. The van der Waals surface area contributed by atoms with E-state index in [2.05, 4.69) is 16.3 Å². The second-order valence-electron chi connectivity index (χ2n) is 1.09. The lowest BCUT2D eigenvalue weighted by Gasteiger charge is -2.03. The smallest absolute Gasteiger partial charge is 0.123 e. The summed E-state index contributed by atoms with van der Waals surface area (Å²) in [5, 5.41) is 0. The molecular formula is C2H8NOPS. The molecule has 0 aliphatic rings. The molecule has 0 heterocycles. The average molecular weight is 125 g/mol. The first-order valence-corrected chi connectivity index (χ1v) is 4.72. The van der Waals surface area contributed by atoms with Gasteiger partial charge in [0.15, 0.2) is 0 Å². The highest BCUT2D eigenvalue weighted by atomic mass is 32.4. The van der Waals surface area contributed by atoms with Crippen molar-refractivity contribution in [3.05, 3.63) is 0 Å². The van der Waals surface area contributed by atoms with Crippen molar-refractivity contribution >= 4 is 18.2 Å². The summed E-state index contributed by atoms with van der Waals surface area (Å²) in [5.74, 6) is 0. The standard InChI is InChI=1S/C2H8NOPS/c1-4-5(2,3)6/h1-2H3,(H2,3,6). The Morgan fingerprint density at radius 3 is 2.00 bits per heavy atom. The van der Waals surface area contributed by atoms with Crippen molar-refractivity contribution in [2.24, 2.45) is 5.50 Å². The topological polar surface area (TPSA) is 35.2 Å². The van der Waals surface area contributed by atoms with E-state index in [0.29, 0.717) is 0 Å². The summed E-state index contributed by atoms with van der Waals surface area (Å²) in [5.41, 5.74) is 5.24. The Kier molecular flexibility index (Phi) is 2.22. The molecule has 1 atom stereocenters. The Bertz CT molecular complexity index is 77.6. The summed E-state index contributed by atoms with van der Waals surface area (Å²) >= 11 is 4.65. The maximum absolute atomic E-state index is 5.24. The van der Waals surface area contributed by atoms with Crippen LogP contribution in [-0.2, 0) is 16.3 Å². The zero-order valence-electron chi connectivity index (χ0n) is 3.84. The average Bonchev–Trinajstić information content (AvgIpc) is 1.35. The fraction of sp³-hybridized carbons (Fsp3) is 1.00. The molecule has 0 bridgehead atoms. The summed E-state index contributed by atoms with van der Waals surface area (Å²) in [4.78, 5) is 0. The molecule has 0 aromatic carbocycles. The molecule has 2 N–H and O–H groups in total. The number of hydrogen-bond donors (Lipinski definition) is 1. The molecule has 2 nitrogen and oxygen atoms in total. The van der Waals surface area contributed by atoms with Crippen molar-refractivity contribution in [3.63, 3.8) is 0 Å². The molecule has 38 valence electrons. The first-order chi connectivity index (χ1) is 2.56. The molecule has 0 saturated carbocycles. The van der Waals surface area contributed by atoms with Crippen LogP contribution in [0.5, 0.6) is 0 Å². The maximum atomic E-state index is 5.24. The molecule has 4 heteroatoms. The second-order valence-corrected chi connectivity index (χ2v) is 5.45. The SMILES string of the molecule is COP(C)(N)=S. The van der Waals surface area contributed by atoms with Crippen LogP contribution in [0.25, 0.3) is 0 Å². The van der Waals surface area contributed by atoms with Crippen molar-refractivity contribution in [1.29, 1.82) is 0 Å². The third kappa shape index (κ3) is 4.57. The molecule has 0 spiro atoms. The van der Waals surface area contributed by atoms with Gasteiger partial charge in [-0.2, -0.15) is 0 Å². The fourth-order valence-corrected chi connectivity index (χ4v) is 0. The third-order valence-electron chi connectivity index (χ3n) is 0.363. The molecule has 0 aliphatic heterocycles. The van der Waals surface area contributed by atoms with Gasteiger partial charge in [-0.15, -0.1) is 0 Å². The van der Waals surface area contributed by atoms with Gasteiger partial charge in [0.2, 0.25) is 0 Å². The molecular weight excluding hydrogens is 117 g/mol. The van der Waals surface area contributed by atoms with Crippen LogP contribution in [0.4, 0.5) is 0 Å². The van der Waals surface area contributed by atoms with Crippen molar-refractivity contribution in [2.45, 2.75) is 0 Å². The molecule has 0 aromatic heterocycles. The van der Waals surface area contributed by atoms with E-state index in [0.717, 1.165) is 0 Å². The van der Waals surface area contributed by atoms with Crippen LogP contribution in [0, 0.1) is 0 Å². The highest BCUT2D eigenvalue weighted by Gasteiger charge is 1.93. The molecule has 0 fully saturated rings. The molecule has 0 amide bonds. The van der Waals surface area contributed by atoms with Gasteiger partial charge in [-0.1, -0.05) is 11.8 Å². The Hall–Kier alpha value is 0.570. The van der Waals surface area contributed by atoms with E-state index >= 15 is 0 Å². The molecule has 0 aromatic rings. The molecule has 6 heavy (non-hydrogen) atoms. The maximum Gasteiger partial charge on any atom is 0.123 e. The third-order valence-corrected chi connectivity index (χ3v) is 1.53. The fourth-order valence-electron chi connectivity index (χ4n) is 0. The van der Waals surface area contributed by atoms with Crippen molar-refractivity contribution in [2.75, 3.05) is 13.8 Å². The Balaban J connectivity index is 3.48. The second kappa shape index (κ2) is 2.03. The summed E-state index contributed by atoms with van der Waals surface area (Å²) in [6.45, 7) is 1.72. The van der Waals surface area contributed by atoms with E-state index in [-0.39, 0.29) is 0 Å². The van der Waals surface area contributed by atoms with Crippen LogP contribution in [0.15, 0.2) is 0 Å². The Labute approximate surface area is 42.8 Å². The lowest BCUT2D eigenvalue weighted by Crippen LogP contribution is -1.91. The lowest BCUT2D eigenvalue weighted by atomic mass is 11.8. The van der Waals surface area contributed by atoms with Gasteiger partial charge in [-0.05, 0) is 0 Å². The molecule has 1 unspecified atom stereocenters. The number of nitrogens with two attached hydrogens (primary N) is 1. The van der Waals surface area contributed by atoms with Gasteiger partial charge in [0.1, 0.15) is 6.42 Å². The van der Waals surface area contributed by atoms with Gasteiger partial charge < -0.3 is 4.52 Å². The van der Waals surface area contributed by atoms with Crippen LogP contribution in [0.2, 0.25) is 0 Å². The molecule has 0 saturated heterocycles. The number of hydrogen-bond acceptors (Lipinski definition) is 2. The van der Waals surface area contributed by atoms with Crippen LogP contribution < -0.4 is 5.50 Å². The van der Waals surface area contributed by atoms with E-state index in [1.165, 1.54) is 7.11 Å². The first-order valence-electron chi connectivity index (χ1n) is 1.48. The minimum Gasteiger partial charge on any atom is -0.342 e. The van der Waals surface area contributed by atoms with Gasteiger partial charge in [0.05, 0.1) is 0 Å². The van der Waals surface area contributed by atoms with Gasteiger partial charge in [0.25, 0.3) is 0 Å². The van der Waals surface area contributed by atoms with Crippen LogP contribution in [-0.4, -0.2) is 13.8 Å². The van der Waals surface area contributed by atoms with Crippen LogP contribution in [0.1, 0.15) is 0 Å². The molecule has 0 radical (unpaired) electrons. The summed E-state index contributed by atoms with van der Waals surface area (Å²) in [6.07, 6.45) is -1.81. The minimum atomic E-state index is -1.81. The Morgan fingerprint density at radius 2 is 2.00 bits per heavy atom. The van der Waals surface area contributed by atoms with Crippen LogP contribution in [0.3, 0.4) is 0 Å². The van der Waals surface area contributed by atoms with E-state index in [9.17, 15) is 0 Å². The minimum absolute atomic E-state index is 1.53. The van der Waals surface area contributed by atoms with Gasteiger partial charge in [-0.25, -0.2) is 0 Å². The van der Waals surface area contributed by atoms with E-state index < -0.39 is 6.42 Å². The lowest BCUT2D eigenvalue weighted by molar-refractivity contribution is 0.463. The van der Waals surface area contributed by atoms with Crippen LogP contribution >= 0.6 is 6.42 Å². The molecule has 0 rings (SSSR count). The summed E-state index contributed by atoms with van der Waals surface area (Å²) in [7, 11) is 1.53. The van der Waals surface area contributed by atoms with Gasteiger partial charge in [-0.3, -0.25) is 5.50 Å². The first kappa shape index (κ1) is 6.57. The predicted molar refractivity (Wildman–Crippen MR) is 31.4 cm³/mol. The molecule has 0 aliphatic carbocycles. The van der Waals surface area contributed by atoms with Gasteiger partial charge in [0, 0.05) is 13.8 Å². The summed E-state index contributed by atoms with van der Waals surface area (Å²) < 4.78 is 4.64. The van der Waals surface area contributed by atoms with Gasteiger partial charge >= 0.3 is 0 Å². The Morgan fingerprint density at radius 1 is 1.83 bits per heavy atom. The van der Waals surface area contributed by atoms with Crippen molar-refractivity contribution in [3.8, 4) is 0 Å².